The fourth-order valence-electron chi connectivity index (χ4n) is 2.77. The molecular formula is C18H20N4O4S. The van der Waals surface area contributed by atoms with Crippen molar-refractivity contribution in [2.75, 3.05) is 13.1 Å². The Kier molecular flexibility index (Phi) is 5.58. The number of nitriles is 1. The second-order valence-electron chi connectivity index (χ2n) is 6.35. The summed E-state index contributed by atoms with van der Waals surface area (Å²) in [6, 6.07) is 8.29. The third-order valence-electron chi connectivity index (χ3n) is 3.99. The number of nitrogens with zero attached hydrogens (tertiary/aromatic N) is 4. The van der Waals surface area contributed by atoms with E-state index in [0.717, 1.165) is 0 Å². The molecule has 2 aromatic rings. The normalized spacial score (nSPS) is 17.6. The maximum atomic E-state index is 12.8. The molecular weight excluding hydrogens is 368 g/mol. The van der Waals surface area contributed by atoms with Gasteiger partial charge in [0.15, 0.2) is 0 Å². The minimum atomic E-state index is -3.63. The van der Waals surface area contributed by atoms with Crippen LogP contribution in [0.2, 0.25) is 0 Å². The zero-order valence-electron chi connectivity index (χ0n) is 15.1. The van der Waals surface area contributed by atoms with Gasteiger partial charge in [-0.25, -0.2) is 18.4 Å². The summed E-state index contributed by atoms with van der Waals surface area (Å²) >= 11 is 0. The molecule has 3 rings (SSSR count). The highest BCUT2D eigenvalue weighted by molar-refractivity contribution is 7.89. The van der Waals surface area contributed by atoms with E-state index in [1.165, 1.54) is 28.8 Å². The van der Waals surface area contributed by atoms with Crippen LogP contribution in [0.4, 0.5) is 0 Å². The van der Waals surface area contributed by atoms with Crippen LogP contribution in [0.3, 0.4) is 0 Å². The van der Waals surface area contributed by atoms with Crippen LogP contribution in [0.1, 0.15) is 26.0 Å². The highest BCUT2D eigenvalue weighted by atomic mass is 32.2. The van der Waals surface area contributed by atoms with E-state index in [4.69, 9.17) is 14.7 Å². The Morgan fingerprint density at radius 3 is 2.59 bits per heavy atom. The van der Waals surface area contributed by atoms with Gasteiger partial charge in [-0.3, -0.25) is 0 Å². The molecule has 0 N–H and O–H groups in total. The van der Waals surface area contributed by atoms with E-state index in [2.05, 4.69) is 9.97 Å². The zero-order chi connectivity index (χ0) is 19.4. The number of sulfonamides is 1. The van der Waals surface area contributed by atoms with Crippen LogP contribution < -0.4 is 9.47 Å². The predicted octanol–water partition coefficient (Wildman–Crippen LogP) is 1.98. The summed E-state index contributed by atoms with van der Waals surface area (Å²) in [4.78, 5) is 8.10. The van der Waals surface area contributed by atoms with Crippen molar-refractivity contribution in [3.63, 3.8) is 0 Å². The number of benzene rings is 1. The number of ether oxygens (including phenoxy) is 2. The van der Waals surface area contributed by atoms with Gasteiger partial charge in [0.2, 0.25) is 15.7 Å². The van der Waals surface area contributed by atoms with Crippen LogP contribution in [0, 0.1) is 11.3 Å². The fourth-order valence-corrected chi connectivity index (χ4v) is 4.26. The molecule has 0 amide bonds. The number of hydrogen-bond donors (Lipinski definition) is 0. The Morgan fingerprint density at radius 2 is 1.93 bits per heavy atom. The summed E-state index contributed by atoms with van der Waals surface area (Å²) in [6.07, 6.45) is 2.98. The molecule has 0 radical (unpaired) electrons. The lowest BCUT2D eigenvalue weighted by molar-refractivity contribution is 0.205. The summed E-state index contributed by atoms with van der Waals surface area (Å²) in [5.41, 5.74) is 0.0829. The first-order valence-corrected chi connectivity index (χ1v) is 9.99. The predicted molar refractivity (Wildman–Crippen MR) is 96.7 cm³/mol. The van der Waals surface area contributed by atoms with Crippen LogP contribution in [-0.4, -0.2) is 48.0 Å². The van der Waals surface area contributed by atoms with Crippen LogP contribution in [0.15, 0.2) is 41.6 Å². The molecule has 27 heavy (non-hydrogen) atoms. The summed E-state index contributed by atoms with van der Waals surface area (Å²) in [6.45, 7) is 4.33. The topological polar surface area (TPSA) is 105 Å². The van der Waals surface area contributed by atoms with Gasteiger partial charge in [0.1, 0.15) is 17.9 Å². The Morgan fingerprint density at radius 1 is 1.22 bits per heavy atom. The molecule has 0 aliphatic carbocycles. The highest BCUT2D eigenvalue weighted by Crippen LogP contribution is 2.25. The maximum absolute atomic E-state index is 12.8. The first-order valence-electron chi connectivity index (χ1n) is 8.55. The van der Waals surface area contributed by atoms with E-state index >= 15 is 0 Å². The number of rotatable bonds is 6. The van der Waals surface area contributed by atoms with E-state index in [9.17, 15) is 8.42 Å². The average Bonchev–Trinajstić information content (AvgIpc) is 3.11. The van der Waals surface area contributed by atoms with Gasteiger partial charge >= 0.3 is 0 Å². The first-order chi connectivity index (χ1) is 12.9. The third kappa shape index (κ3) is 4.35. The molecule has 9 heteroatoms. The van der Waals surface area contributed by atoms with Crippen LogP contribution in [0.25, 0.3) is 0 Å². The van der Waals surface area contributed by atoms with Crippen LogP contribution in [0.5, 0.6) is 11.6 Å². The molecule has 1 aliphatic heterocycles. The van der Waals surface area contributed by atoms with Crippen molar-refractivity contribution >= 4 is 10.0 Å². The Balaban J connectivity index is 1.69. The van der Waals surface area contributed by atoms with Crippen molar-refractivity contribution in [2.24, 2.45) is 0 Å². The third-order valence-corrected chi connectivity index (χ3v) is 5.87. The SMILES string of the molecule is CC(C)Oc1ccc(S(=O)(=O)N2CCC(Oc3nccnc3C#N)C2)cc1. The van der Waals surface area contributed by atoms with E-state index in [1.807, 2.05) is 19.9 Å². The molecule has 1 fully saturated rings. The van der Waals surface area contributed by atoms with E-state index in [-0.39, 0.29) is 35.2 Å². The molecule has 1 atom stereocenters. The zero-order valence-corrected chi connectivity index (χ0v) is 15.9. The molecule has 1 aromatic carbocycles. The van der Waals surface area contributed by atoms with Gasteiger partial charge in [0, 0.05) is 18.9 Å². The lowest BCUT2D eigenvalue weighted by atomic mass is 10.3. The molecule has 1 saturated heterocycles. The summed E-state index contributed by atoms with van der Waals surface area (Å²) in [5, 5.41) is 9.05. The minimum absolute atomic E-state index is 0.0170. The van der Waals surface area contributed by atoms with Gasteiger partial charge in [-0.2, -0.15) is 9.57 Å². The van der Waals surface area contributed by atoms with Gasteiger partial charge in [0.25, 0.3) is 5.88 Å². The lowest BCUT2D eigenvalue weighted by Crippen LogP contribution is -2.31. The summed E-state index contributed by atoms with van der Waals surface area (Å²) in [7, 11) is -3.63. The standard InChI is InChI=1S/C18H20N4O4S/c1-13(2)25-14-3-5-16(6-4-14)27(23,24)22-10-7-15(12-22)26-18-17(11-19)20-8-9-21-18/h3-6,8-9,13,15H,7,10,12H2,1-2H3. The fraction of sp³-hybridized carbons (Fsp3) is 0.389. The van der Waals surface area contributed by atoms with Gasteiger partial charge in [-0.05, 0) is 44.5 Å². The van der Waals surface area contributed by atoms with Crippen molar-refractivity contribution < 1.29 is 17.9 Å². The Bertz CT molecular complexity index is 939. The lowest BCUT2D eigenvalue weighted by Gasteiger charge is -2.17. The second-order valence-corrected chi connectivity index (χ2v) is 8.29. The van der Waals surface area contributed by atoms with Crippen molar-refractivity contribution in [3.8, 4) is 17.7 Å². The Hall–Kier alpha value is -2.70. The van der Waals surface area contributed by atoms with E-state index < -0.39 is 10.0 Å². The maximum Gasteiger partial charge on any atom is 0.251 e. The number of hydrogen-bond acceptors (Lipinski definition) is 7. The second kappa shape index (κ2) is 7.90. The number of aromatic nitrogens is 2. The van der Waals surface area contributed by atoms with Crippen molar-refractivity contribution in [1.82, 2.24) is 14.3 Å². The molecule has 0 spiro atoms. The van der Waals surface area contributed by atoms with Gasteiger partial charge in [-0.15, -0.1) is 0 Å². The largest absolute Gasteiger partial charge is 0.491 e. The molecule has 0 saturated carbocycles. The minimum Gasteiger partial charge on any atom is -0.491 e. The Labute approximate surface area is 158 Å². The van der Waals surface area contributed by atoms with Crippen molar-refractivity contribution in [1.29, 1.82) is 5.26 Å². The molecule has 2 heterocycles. The molecule has 8 nitrogen and oxygen atoms in total. The van der Waals surface area contributed by atoms with Gasteiger partial charge in [0.05, 0.1) is 17.5 Å². The molecule has 1 unspecified atom stereocenters. The molecule has 142 valence electrons. The quantitative estimate of drug-likeness (QED) is 0.745. The van der Waals surface area contributed by atoms with Crippen LogP contribution in [-0.2, 0) is 10.0 Å². The van der Waals surface area contributed by atoms with E-state index in [0.29, 0.717) is 18.7 Å². The monoisotopic (exact) mass is 388 g/mol. The highest BCUT2D eigenvalue weighted by Gasteiger charge is 2.34. The van der Waals surface area contributed by atoms with E-state index in [1.54, 1.807) is 12.1 Å². The molecule has 0 bridgehead atoms. The molecule has 1 aromatic heterocycles. The summed E-state index contributed by atoms with van der Waals surface area (Å²) in [5.74, 6) is 0.748. The van der Waals surface area contributed by atoms with Crippen molar-refractivity contribution in [3.05, 3.63) is 42.4 Å². The summed E-state index contributed by atoms with van der Waals surface area (Å²) < 4.78 is 38.3. The van der Waals surface area contributed by atoms with Gasteiger partial charge < -0.3 is 9.47 Å². The average molecular weight is 388 g/mol. The first kappa shape index (κ1) is 19.1. The van der Waals surface area contributed by atoms with Gasteiger partial charge in [-0.1, -0.05) is 0 Å². The smallest absolute Gasteiger partial charge is 0.251 e. The van der Waals surface area contributed by atoms with Crippen molar-refractivity contribution in [2.45, 2.75) is 37.4 Å². The molecule has 1 aliphatic rings. The van der Waals surface area contributed by atoms with Crippen LogP contribution >= 0.6 is 0 Å².